The molecule has 0 aromatic carbocycles. The number of piperazine rings is 1. The highest BCUT2D eigenvalue weighted by atomic mass is 16.3. The smallest absolute Gasteiger partial charge is 0.194 e. The van der Waals surface area contributed by atoms with Gasteiger partial charge in [0.05, 0.1) is 11.8 Å². The Morgan fingerprint density at radius 3 is 2.80 bits per heavy atom. The molecule has 10 heavy (non-hydrogen) atoms. The molecule has 6 heteroatoms. The van der Waals surface area contributed by atoms with Crippen LogP contribution in [0.5, 0.6) is 0 Å². The van der Waals surface area contributed by atoms with E-state index in [1.54, 1.807) is 0 Å². The molecule has 56 valence electrons. The maximum atomic E-state index is 10.00. The third kappa shape index (κ3) is 1.27. The number of hydrogen-bond acceptors (Lipinski definition) is 5. The summed E-state index contributed by atoms with van der Waals surface area (Å²) in [6, 6.07) is 0. The van der Waals surface area contributed by atoms with E-state index in [0.717, 1.165) is 5.01 Å². The van der Waals surface area contributed by atoms with Crippen LogP contribution >= 0.6 is 0 Å². The summed E-state index contributed by atoms with van der Waals surface area (Å²) in [6.07, 6.45) is -0.619. The lowest BCUT2D eigenvalue weighted by Crippen LogP contribution is -2.47. The highest BCUT2D eigenvalue weighted by molar-refractivity contribution is 4.74. The number of nitrogens with zero attached hydrogens (tertiary/aromatic N) is 3. The van der Waals surface area contributed by atoms with Crippen LogP contribution in [0.1, 0.15) is 0 Å². The SMILES string of the molecule is O=NC1CNCCN1N=O. The van der Waals surface area contributed by atoms with Crippen LogP contribution in [0.25, 0.3) is 0 Å². The maximum absolute atomic E-state index is 10.00. The van der Waals surface area contributed by atoms with E-state index in [2.05, 4.69) is 15.8 Å². The lowest BCUT2D eigenvalue weighted by molar-refractivity contribution is 0.170. The van der Waals surface area contributed by atoms with E-state index in [1.165, 1.54) is 0 Å². The van der Waals surface area contributed by atoms with Gasteiger partial charge in [0.15, 0.2) is 6.17 Å². The summed E-state index contributed by atoms with van der Waals surface area (Å²) in [4.78, 5) is 20.0. The van der Waals surface area contributed by atoms with Gasteiger partial charge in [-0.2, -0.15) is 0 Å². The zero-order chi connectivity index (χ0) is 7.40. The van der Waals surface area contributed by atoms with E-state index in [0.29, 0.717) is 19.6 Å². The average molecular weight is 144 g/mol. The van der Waals surface area contributed by atoms with Gasteiger partial charge in [0.2, 0.25) is 0 Å². The van der Waals surface area contributed by atoms with E-state index >= 15 is 0 Å². The summed E-state index contributed by atoms with van der Waals surface area (Å²) in [6.45, 7) is 1.55. The Hall–Kier alpha value is -1.04. The van der Waals surface area contributed by atoms with Crippen molar-refractivity contribution >= 4 is 0 Å². The van der Waals surface area contributed by atoms with Gasteiger partial charge in [0.25, 0.3) is 0 Å². The van der Waals surface area contributed by atoms with Crippen LogP contribution in [0.4, 0.5) is 0 Å². The minimum absolute atomic E-state index is 0.412. The highest BCUT2D eigenvalue weighted by Crippen LogP contribution is 2.03. The molecule has 1 saturated heterocycles. The first kappa shape index (κ1) is 7.07. The van der Waals surface area contributed by atoms with Crippen molar-refractivity contribution in [2.75, 3.05) is 19.6 Å². The molecule has 1 aliphatic rings. The summed E-state index contributed by atoms with van der Waals surface area (Å²) >= 11 is 0. The highest BCUT2D eigenvalue weighted by Gasteiger charge is 2.21. The molecule has 6 nitrogen and oxygen atoms in total. The summed E-state index contributed by atoms with van der Waals surface area (Å²) in [5.74, 6) is 0. The maximum Gasteiger partial charge on any atom is 0.194 e. The van der Waals surface area contributed by atoms with Crippen molar-refractivity contribution in [2.24, 2.45) is 10.5 Å². The number of rotatable bonds is 2. The fourth-order valence-corrected chi connectivity index (χ4v) is 0.866. The Morgan fingerprint density at radius 1 is 1.50 bits per heavy atom. The van der Waals surface area contributed by atoms with Crippen molar-refractivity contribution in [3.63, 3.8) is 0 Å². The lowest BCUT2D eigenvalue weighted by atomic mass is 10.4. The first-order chi connectivity index (χ1) is 4.88. The van der Waals surface area contributed by atoms with Crippen molar-refractivity contribution < 1.29 is 0 Å². The standard InChI is InChI=1S/C4H8N4O2/c9-6-4-3-5-1-2-8(4)7-10/h4-5H,1-3H2. The molecule has 1 unspecified atom stereocenters. The molecule has 1 fully saturated rings. The Kier molecular flexibility index (Phi) is 2.27. The molecule has 0 aliphatic carbocycles. The summed E-state index contributed by atoms with van der Waals surface area (Å²) in [7, 11) is 0. The zero-order valence-corrected chi connectivity index (χ0v) is 5.36. The lowest BCUT2D eigenvalue weighted by Gasteiger charge is -2.25. The molecular weight excluding hydrogens is 136 g/mol. The van der Waals surface area contributed by atoms with Crippen molar-refractivity contribution in [3.05, 3.63) is 9.81 Å². The predicted octanol–water partition coefficient (Wildman–Crippen LogP) is -0.335. The molecular formula is C4H8N4O2. The molecule has 1 aliphatic heterocycles. The van der Waals surface area contributed by atoms with Gasteiger partial charge in [0.1, 0.15) is 0 Å². The molecule has 1 rings (SSSR count). The Bertz CT molecular complexity index is 123. The van der Waals surface area contributed by atoms with Crippen molar-refractivity contribution in [2.45, 2.75) is 6.17 Å². The van der Waals surface area contributed by atoms with Gasteiger partial charge in [-0.15, -0.1) is 9.81 Å². The van der Waals surface area contributed by atoms with Crippen molar-refractivity contribution in [1.82, 2.24) is 10.3 Å². The molecule has 0 radical (unpaired) electrons. The summed E-state index contributed by atoms with van der Waals surface area (Å²) in [5.41, 5.74) is 0. The second kappa shape index (κ2) is 3.21. The third-order valence-corrected chi connectivity index (χ3v) is 1.42. The first-order valence-corrected chi connectivity index (χ1v) is 3.01. The van der Waals surface area contributed by atoms with E-state index in [4.69, 9.17) is 0 Å². The van der Waals surface area contributed by atoms with Gasteiger partial charge in [-0.25, -0.2) is 5.01 Å². The van der Waals surface area contributed by atoms with Gasteiger partial charge in [-0.05, 0) is 5.18 Å². The van der Waals surface area contributed by atoms with Gasteiger partial charge in [-0.1, -0.05) is 0 Å². The fourth-order valence-electron chi connectivity index (χ4n) is 0.866. The molecule has 0 aromatic heterocycles. The van der Waals surface area contributed by atoms with E-state index in [9.17, 15) is 9.81 Å². The van der Waals surface area contributed by atoms with Crippen LogP contribution in [0.15, 0.2) is 10.5 Å². The largest absolute Gasteiger partial charge is 0.311 e. The van der Waals surface area contributed by atoms with Crippen LogP contribution in [-0.4, -0.2) is 30.8 Å². The summed E-state index contributed by atoms with van der Waals surface area (Å²) in [5, 5.41) is 9.43. The molecule has 0 saturated carbocycles. The van der Waals surface area contributed by atoms with Gasteiger partial charge in [-0.3, -0.25) is 0 Å². The van der Waals surface area contributed by atoms with Crippen LogP contribution in [0, 0.1) is 9.81 Å². The molecule has 1 N–H and O–H groups in total. The topological polar surface area (TPSA) is 74.1 Å². The van der Waals surface area contributed by atoms with Crippen molar-refractivity contribution in [1.29, 1.82) is 0 Å². The molecule has 0 amide bonds. The summed E-state index contributed by atoms with van der Waals surface area (Å²) < 4.78 is 0. The molecule has 0 aromatic rings. The van der Waals surface area contributed by atoms with Gasteiger partial charge < -0.3 is 5.32 Å². The number of hydrogen-bond donors (Lipinski definition) is 1. The quantitative estimate of drug-likeness (QED) is 0.538. The Morgan fingerprint density at radius 2 is 2.30 bits per heavy atom. The van der Waals surface area contributed by atoms with E-state index in [-0.39, 0.29) is 0 Å². The van der Waals surface area contributed by atoms with Gasteiger partial charge in [0, 0.05) is 13.1 Å². The van der Waals surface area contributed by atoms with E-state index < -0.39 is 6.17 Å². The minimum atomic E-state index is -0.619. The Labute approximate surface area is 57.5 Å². The van der Waals surface area contributed by atoms with E-state index in [1.807, 2.05) is 0 Å². The second-order valence-corrected chi connectivity index (χ2v) is 2.03. The fraction of sp³-hybridized carbons (Fsp3) is 1.00. The van der Waals surface area contributed by atoms with Crippen LogP contribution < -0.4 is 5.32 Å². The monoisotopic (exact) mass is 144 g/mol. The molecule has 1 atom stereocenters. The third-order valence-electron chi connectivity index (χ3n) is 1.42. The van der Waals surface area contributed by atoms with Gasteiger partial charge >= 0.3 is 0 Å². The predicted molar refractivity (Wildman–Crippen MR) is 35.0 cm³/mol. The molecule has 0 spiro atoms. The van der Waals surface area contributed by atoms with Crippen LogP contribution in [-0.2, 0) is 0 Å². The van der Waals surface area contributed by atoms with Crippen LogP contribution in [0.2, 0.25) is 0 Å². The molecule has 1 heterocycles. The average Bonchev–Trinajstić information content (AvgIpc) is 2.04. The zero-order valence-electron chi connectivity index (χ0n) is 5.36. The number of nitrogens with one attached hydrogen (secondary N) is 1. The normalized spacial score (nSPS) is 26.0. The second-order valence-electron chi connectivity index (χ2n) is 2.03. The molecule has 0 bridgehead atoms. The van der Waals surface area contributed by atoms with Crippen LogP contribution in [0.3, 0.4) is 0 Å². The first-order valence-electron chi connectivity index (χ1n) is 3.01. The number of nitroso groups, excluding NO2 is 2. The van der Waals surface area contributed by atoms with Crippen molar-refractivity contribution in [3.8, 4) is 0 Å². The minimum Gasteiger partial charge on any atom is -0.311 e. The Balaban J connectivity index is 2.49.